The molecule has 4 rings (SSSR count). The molecular weight excluding hydrogens is 630 g/mol. The van der Waals surface area contributed by atoms with E-state index in [0.29, 0.717) is 13.0 Å². The Kier molecular flexibility index (Phi) is 12.9. The third-order valence-electron chi connectivity index (χ3n) is 9.19. The number of fused-ring (bicyclic) bond motifs is 2. The first-order valence-corrected chi connectivity index (χ1v) is 16.7. The topological polar surface area (TPSA) is 150 Å². The van der Waals surface area contributed by atoms with Crippen molar-refractivity contribution in [3.05, 3.63) is 60.2 Å². The summed E-state index contributed by atoms with van der Waals surface area (Å²) in [7, 11) is 1.29. The Morgan fingerprint density at radius 1 is 0.939 bits per heavy atom. The summed E-state index contributed by atoms with van der Waals surface area (Å²) in [5.41, 5.74) is -1.48. The van der Waals surface area contributed by atoms with Crippen LogP contribution in [0.3, 0.4) is 0 Å². The average molecular weight is 678 g/mol. The number of oxime groups is 1. The van der Waals surface area contributed by atoms with Gasteiger partial charge >= 0.3 is 23.9 Å². The molecule has 1 aliphatic heterocycles. The minimum atomic E-state index is -1.24. The molecule has 11 heteroatoms. The number of ether oxygens (including phenoxy) is 4. The number of aliphatic hydroxyl groups is 1. The van der Waals surface area contributed by atoms with Gasteiger partial charge in [0.2, 0.25) is 0 Å². The van der Waals surface area contributed by atoms with Crippen molar-refractivity contribution in [3.63, 3.8) is 0 Å². The van der Waals surface area contributed by atoms with E-state index in [2.05, 4.69) is 11.2 Å². The number of methoxy groups -OCH3 is 1. The zero-order valence-electron chi connectivity index (χ0n) is 28.9. The lowest BCUT2D eigenvalue weighted by Crippen LogP contribution is -2.37. The Morgan fingerprint density at radius 2 is 1.53 bits per heavy atom. The summed E-state index contributed by atoms with van der Waals surface area (Å²) in [6, 6.07) is 17.8. The molecular formula is C38H47NO10. The van der Waals surface area contributed by atoms with Crippen LogP contribution >= 0.6 is 0 Å². The molecule has 4 atom stereocenters. The lowest BCUT2D eigenvalue weighted by Gasteiger charge is -2.32. The fraction of sp³-hybridized carbons (Fsp3) is 0.500. The first kappa shape index (κ1) is 37.5. The monoisotopic (exact) mass is 677 g/mol. The number of carbonyl (C=O) groups excluding carboxylic acids is 4. The fourth-order valence-electron chi connectivity index (χ4n) is 5.98. The first-order valence-electron chi connectivity index (χ1n) is 16.7. The van der Waals surface area contributed by atoms with E-state index in [9.17, 15) is 24.3 Å². The summed E-state index contributed by atoms with van der Waals surface area (Å²) in [4.78, 5) is 58.6. The maximum absolute atomic E-state index is 13.5. The van der Waals surface area contributed by atoms with Gasteiger partial charge in [-0.05, 0) is 74.1 Å². The van der Waals surface area contributed by atoms with E-state index in [-0.39, 0.29) is 51.6 Å². The normalized spacial score (nSPS) is 16.9. The molecule has 0 spiro atoms. The Hall–Kier alpha value is -4.35. The van der Waals surface area contributed by atoms with Crippen LogP contribution in [0.2, 0.25) is 0 Å². The molecule has 264 valence electrons. The second kappa shape index (κ2) is 16.8. The highest BCUT2D eigenvalue weighted by atomic mass is 16.7. The Bertz CT molecular complexity index is 1610. The molecule has 0 bridgehead atoms. The van der Waals surface area contributed by atoms with Crippen molar-refractivity contribution in [2.45, 2.75) is 65.9 Å². The van der Waals surface area contributed by atoms with Crippen molar-refractivity contribution in [3.8, 4) is 0 Å². The number of nitrogens with zero attached hydrogens (tertiary/aromatic N) is 1. The molecule has 0 amide bonds. The van der Waals surface area contributed by atoms with Crippen molar-refractivity contribution < 1.29 is 48.1 Å². The summed E-state index contributed by atoms with van der Waals surface area (Å²) >= 11 is 0. The molecule has 3 aromatic carbocycles. The minimum absolute atomic E-state index is 0.0387. The SMILES string of the molecule is CCC(C)(CC(CC(CC(C)(C)C(=O)ON=Cc1c2ccccc2cc2ccccc12)C(=O)OCCCO)C(=O)OCC1CO1)C(=O)OC. The van der Waals surface area contributed by atoms with Gasteiger partial charge in [0.1, 0.15) is 12.7 Å². The highest BCUT2D eigenvalue weighted by molar-refractivity contribution is 6.13. The number of aliphatic hydroxyl groups excluding tert-OH is 1. The Balaban J connectivity index is 1.56. The van der Waals surface area contributed by atoms with E-state index in [4.69, 9.17) is 23.8 Å². The van der Waals surface area contributed by atoms with E-state index in [1.54, 1.807) is 20.8 Å². The Morgan fingerprint density at radius 3 is 2.10 bits per heavy atom. The van der Waals surface area contributed by atoms with E-state index in [0.717, 1.165) is 27.1 Å². The predicted octanol–water partition coefficient (Wildman–Crippen LogP) is 5.76. The van der Waals surface area contributed by atoms with Gasteiger partial charge in [0.05, 0.1) is 49.2 Å². The molecule has 1 fully saturated rings. The minimum Gasteiger partial charge on any atom is -0.469 e. The van der Waals surface area contributed by atoms with E-state index in [1.165, 1.54) is 13.3 Å². The number of epoxide rings is 1. The smallest absolute Gasteiger partial charge is 0.340 e. The third-order valence-corrected chi connectivity index (χ3v) is 9.19. The van der Waals surface area contributed by atoms with E-state index >= 15 is 0 Å². The summed E-state index contributed by atoms with van der Waals surface area (Å²) in [5.74, 6) is -4.25. The molecule has 1 saturated heterocycles. The summed E-state index contributed by atoms with van der Waals surface area (Å²) in [5, 5.41) is 17.2. The highest BCUT2D eigenvalue weighted by Crippen LogP contribution is 2.38. The molecule has 1 N–H and O–H groups in total. The second-order valence-corrected chi connectivity index (χ2v) is 13.5. The zero-order chi connectivity index (χ0) is 35.6. The van der Waals surface area contributed by atoms with Crippen LogP contribution in [0.25, 0.3) is 21.5 Å². The molecule has 0 saturated carbocycles. The summed E-state index contributed by atoms with van der Waals surface area (Å²) < 4.78 is 21.2. The first-order chi connectivity index (χ1) is 23.4. The maximum atomic E-state index is 13.5. The molecule has 49 heavy (non-hydrogen) atoms. The number of benzene rings is 3. The third kappa shape index (κ3) is 9.86. The quantitative estimate of drug-likeness (QED) is 0.0257. The fourth-order valence-corrected chi connectivity index (χ4v) is 5.98. The van der Waals surface area contributed by atoms with Crippen LogP contribution in [0.4, 0.5) is 0 Å². The van der Waals surface area contributed by atoms with Crippen molar-refractivity contribution in [1.29, 1.82) is 0 Å². The molecule has 1 heterocycles. The molecule has 3 aromatic rings. The van der Waals surface area contributed by atoms with Gasteiger partial charge in [-0.15, -0.1) is 0 Å². The van der Waals surface area contributed by atoms with Gasteiger partial charge in [0, 0.05) is 18.6 Å². The van der Waals surface area contributed by atoms with Gasteiger partial charge in [-0.2, -0.15) is 0 Å². The zero-order valence-corrected chi connectivity index (χ0v) is 28.9. The van der Waals surface area contributed by atoms with Crippen LogP contribution in [0.5, 0.6) is 0 Å². The molecule has 1 aliphatic rings. The van der Waals surface area contributed by atoms with Crippen molar-refractivity contribution in [2.75, 3.05) is 33.5 Å². The van der Waals surface area contributed by atoms with Crippen LogP contribution in [0, 0.1) is 22.7 Å². The van der Waals surface area contributed by atoms with Crippen molar-refractivity contribution in [1.82, 2.24) is 0 Å². The number of hydrogen-bond donors (Lipinski definition) is 1. The van der Waals surface area contributed by atoms with Gasteiger partial charge in [0.15, 0.2) is 0 Å². The molecule has 0 aromatic heterocycles. The van der Waals surface area contributed by atoms with Gasteiger partial charge in [-0.1, -0.05) is 60.6 Å². The van der Waals surface area contributed by atoms with Crippen LogP contribution in [-0.4, -0.2) is 74.8 Å². The number of esters is 3. The lowest BCUT2D eigenvalue weighted by atomic mass is 9.73. The average Bonchev–Trinajstić information content (AvgIpc) is 3.93. The van der Waals surface area contributed by atoms with Gasteiger partial charge in [0.25, 0.3) is 0 Å². The van der Waals surface area contributed by atoms with Crippen LogP contribution in [-0.2, 0) is 43.0 Å². The Labute approximate surface area is 286 Å². The second-order valence-electron chi connectivity index (χ2n) is 13.5. The predicted molar refractivity (Wildman–Crippen MR) is 184 cm³/mol. The van der Waals surface area contributed by atoms with E-state index in [1.807, 2.05) is 55.5 Å². The van der Waals surface area contributed by atoms with Crippen LogP contribution in [0.15, 0.2) is 59.8 Å². The van der Waals surface area contributed by atoms with E-state index < -0.39 is 46.5 Å². The number of carbonyl (C=O) groups is 4. The largest absolute Gasteiger partial charge is 0.469 e. The van der Waals surface area contributed by atoms with Crippen LogP contribution < -0.4 is 0 Å². The van der Waals surface area contributed by atoms with Crippen LogP contribution in [0.1, 0.15) is 65.4 Å². The molecule has 11 nitrogen and oxygen atoms in total. The number of hydrogen-bond acceptors (Lipinski definition) is 11. The summed E-state index contributed by atoms with van der Waals surface area (Å²) in [6.45, 7) is 7.12. The molecule has 0 aliphatic carbocycles. The van der Waals surface area contributed by atoms with Crippen molar-refractivity contribution >= 4 is 51.6 Å². The van der Waals surface area contributed by atoms with Gasteiger partial charge in [-0.3, -0.25) is 14.4 Å². The molecule has 0 radical (unpaired) electrons. The molecule has 4 unspecified atom stereocenters. The lowest BCUT2D eigenvalue weighted by molar-refractivity contribution is -0.160. The van der Waals surface area contributed by atoms with Gasteiger partial charge < -0.3 is 28.9 Å². The van der Waals surface area contributed by atoms with Crippen molar-refractivity contribution in [2.24, 2.45) is 27.8 Å². The standard InChI is InChI=1S/C38H47NO10/c1-6-38(4,36(44)45-5)21-28(34(42)48-24-29-23-47-29)19-27(33(41)46-17-11-16-40)20-37(2,3)35(43)49-39-22-32-30-14-9-7-12-25(30)18-26-13-8-10-15-31(26)32/h7-10,12-15,18,22,27-29,40H,6,11,16-17,19-21,23-24H2,1-5H3. The van der Waals surface area contributed by atoms with Gasteiger partial charge in [-0.25, -0.2) is 4.79 Å². The highest BCUT2D eigenvalue weighted by Gasteiger charge is 2.43. The summed E-state index contributed by atoms with van der Waals surface area (Å²) in [6.07, 6.45) is 1.89. The maximum Gasteiger partial charge on any atom is 0.340 e. The number of rotatable bonds is 18.